The van der Waals surface area contributed by atoms with Crippen LogP contribution in [0.15, 0.2) is 63.8 Å². The van der Waals surface area contributed by atoms with Crippen molar-refractivity contribution in [3.8, 4) is 40.1 Å². The molecule has 35 heavy (non-hydrogen) atoms. The quantitative estimate of drug-likeness (QED) is 0.330. The molecular formula is C27H22O8. The van der Waals surface area contributed by atoms with Crippen molar-refractivity contribution in [1.29, 1.82) is 0 Å². The molecule has 0 aliphatic carbocycles. The third kappa shape index (κ3) is 3.73. The van der Waals surface area contributed by atoms with Crippen molar-refractivity contribution in [1.82, 2.24) is 0 Å². The topological polar surface area (TPSA) is 104 Å². The van der Waals surface area contributed by atoms with Crippen molar-refractivity contribution >= 4 is 16.9 Å². The van der Waals surface area contributed by atoms with Gasteiger partial charge in [-0.25, -0.2) is 0 Å². The van der Waals surface area contributed by atoms with Gasteiger partial charge in [0.1, 0.15) is 34.0 Å². The van der Waals surface area contributed by atoms with Crippen molar-refractivity contribution in [3.63, 3.8) is 0 Å². The van der Waals surface area contributed by atoms with E-state index in [4.69, 9.17) is 23.4 Å². The van der Waals surface area contributed by atoms with Gasteiger partial charge in [-0.05, 0) is 6.07 Å². The maximum atomic E-state index is 13.1. The van der Waals surface area contributed by atoms with E-state index in [0.717, 1.165) is 0 Å². The number of hydrogen-bond donors (Lipinski definition) is 1. The molecule has 8 nitrogen and oxygen atoms in total. The van der Waals surface area contributed by atoms with Crippen molar-refractivity contribution in [2.45, 2.75) is 12.3 Å². The van der Waals surface area contributed by atoms with E-state index in [2.05, 4.69) is 0 Å². The summed E-state index contributed by atoms with van der Waals surface area (Å²) in [6.45, 7) is 0. The zero-order chi connectivity index (χ0) is 24.7. The molecule has 2 heterocycles. The third-order valence-corrected chi connectivity index (χ3v) is 6.09. The summed E-state index contributed by atoms with van der Waals surface area (Å²) in [7, 11) is 4.53. The predicted molar refractivity (Wildman–Crippen MR) is 128 cm³/mol. The van der Waals surface area contributed by atoms with E-state index in [1.165, 1.54) is 33.5 Å². The Morgan fingerprint density at radius 3 is 2.26 bits per heavy atom. The van der Waals surface area contributed by atoms with Crippen molar-refractivity contribution in [2.75, 3.05) is 21.3 Å². The summed E-state index contributed by atoms with van der Waals surface area (Å²) < 4.78 is 28.2. The van der Waals surface area contributed by atoms with Gasteiger partial charge in [0.05, 0.1) is 27.8 Å². The molecule has 1 aliphatic rings. The predicted octanol–water partition coefficient (Wildman–Crippen LogP) is 4.63. The molecule has 1 aromatic heterocycles. The second-order valence-corrected chi connectivity index (χ2v) is 8.03. The number of rotatable bonds is 5. The van der Waals surface area contributed by atoms with Gasteiger partial charge in [-0.1, -0.05) is 30.3 Å². The molecule has 0 amide bonds. The molecule has 1 aliphatic heterocycles. The summed E-state index contributed by atoms with van der Waals surface area (Å²) in [6, 6.07) is 15.1. The highest BCUT2D eigenvalue weighted by Crippen LogP contribution is 2.49. The Labute approximate surface area is 200 Å². The standard InChI is InChI=1S/C27H22O8/c1-31-20-13-22(33-3)21(32-2)9-15(20)16-10-24(30)34-23-12-18(29)26-17(28)11-19(35-27(26)25(16)23)14-7-5-4-6-8-14/h4-9,11-13,16,29H,10H2,1-3H3/t16-/m1/s1. The fourth-order valence-corrected chi connectivity index (χ4v) is 4.49. The van der Waals surface area contributed by atoms with Gasteiger partial charge in [0.2, 0.25) is 0 Å². The normalized spacial score (nSPS) is 14.8. The number of carbonyl (C=O) groups is 1. The first-order valence-corrected chi connectivity index (χ1v) is 10.8. The van der Waals surface area contributed by atoms with E-state index in [1.54, 1.807) is 12.1 Å². The third-order valence-electron chi connectivity index (χ3n) is 6.09. The first-order chi connectivity index (χ1) is 16.9. The lowest BCUT2D eigenvalue weighted by Crippen LogP contribution is -2.22. The lowest BCUT2D eigenvalue weighted by Gasteiger charge is -2.27. The van der Waals surface area contributed by atoms with Crippen LogP contribution in [-0.2, 0) is 4.79 Å². The number of esters is 1. The highest BCUT2D eigenvalue weighted by atomic mass is 16.5. The Balaban J connectivity index is 1.84. The number of hydrogen-bond acceptors (Lipinski definition) is 8. The van der Waals surface area contributed by atoms with E-state index in [0.29, 0.717) is 39.7 Å². The second kappa shape index (κ2) is 8.72. The molecule has 0 spiro atoms. The Kier molecular flexibility index (Phi) is 5.56. The van der Waals surface area contributed by atoms with Crippen LogP contribution in [0, 0.1) is 0 Å². The fraction of sp³-hybridized carbons (Fsp3) is 0.185. The first kappa shape index (κ1) is 22.3. The molecule has 8 heteroatoms. The summed E-state index contributed by atoms with van der Waals surface area (Å²) in [5, 5.41) is 10.7. The smallest absolute Gasteiger partial charge is 0.312 e. The summed E-state index contributed by atoms with van der Waals surface area (Å²) in [5.41, 5.74) is 1.48. The van der Waals surface area contributed by atoms with Crippen LogP contribution in [0.2, 0.25) is 0 Å². The summed E-state index contributed by atoms with van der Waals surface area (Å²) in [5.74, 6) is 0.347. The van der Waals surface area contributed by atoms with Gasteiger partial charge in [-0.15, -0.1) is 0 Å². The van der Waals surface area contributed by atoms with Gasteiger partial charge < -0.3 is 28.5 Å². The van der Waals surface area contributed by atoms with E-state index < -0.39 is 17.3 Å². The van der Waals surface area contributed by atoms with Crippen molar-refractivity contribution < 1.29 is 33.3 Å². The Morgan fingerprint density at radius 1 is 0.886 bits per heavy atom. The highest BCUT2D eigenvalue weighted by Gasteiger charge is 2.35. The fourth-order valence-electron chi connectivity index (χ4n) is 4.49. The molecule has 1 N–H and O–H groups in total. The molecule has 0 radical (unpaired) electrons. The summed E-state index contributed by atoms with van der Waals surface area (Å²) >= 11 is 0. The average Bonchev–Trinajstić information content (AvgIpc) is 2.87. The van der Waals surface area contributed by atoms with Crippen molar-refractivity contribution in [2.24, 2.45) is 0 Å². The molecule has 0 fully saturated rings. The SMILES string of the molecule is COc1cc(OC)c([C@H]2CC(=O)Oc3cc(O)c4c(=O)cc(-c5ccccc5)oc4c32)cc1OC. The van der Waals surface area contributed by atoms with Crippen LogP contribution in [0.5, 0.6) is 28.7 Å². The number of fused-ring (bicyclic) bond motifs is 3. The number of ether oxygens (including phenoxy) is 4. The van der Waals surface area contributed by atoms with E-state index >= 15 is 0 Å². The average molecular weight is 474 g/mol. The maximum Gasteiger partial charge on any atom is 0.312 e. The van der Waals surface area contributed by atoms with Gasteiger partial charge in [0.15, 0.2) is 16.9 Å². The monoisotopic (exact) mass is 474 g/mol. The van der Waals surface area contributed by atoms with Gasteiger partial charge in [-0.2, -0.15) is 0 Å². The number of carbonyl (C=O) groups excluding carboxylic acids is 1. The van der Waals surface area contributed by atoms with Crippen LogP contribution in [0.4, 0.5) is 0 Å². The lowest BCUT2D eigenvalue weighted by atomic mass is 9.84. The van der Waals surface area contributed by atoms with E-state index in [-0.39, 0.29) is 28.9 Å². The second-order valence-electron chi connectivity index (χ2n) is 8.03. The van der Waals surface area contributed by atoms with Gasteiger partial charge in [-0.3, -0.25) is 9.59 Å². The molecule has 4 aromatic rings. The van der Waals surface area contributed by atoms with Gasteiger partial charge >= 0.3 is 5.97 Å². The van der Waals surface area contributed by atoms with Crippen molar-refractivity contribution in [3.05, 3.63) is 75.9 Å². The zero-order valence-corrected chi connectivity index (χ0v) is 19.3. The van der Waals surface area contributed by atoms with Crippen LogP contribution in [0.1, 0.15) is 23.5 Å². The molecule has 5 rings (SSSR count). The minimum Gasteiger partial charge on any atom is -0.507 e. The summed E-state index contributed by atoms with van der Waals surface area (Å²) in [4.78, 5) is 25.7. The molecule has 178 valence electrons. The van der Waals surface area contributed by atoms with Crippen LogP contribution in [-0.4, -0.2) is 32.4 Å². The molecule has 0 saturated carbocycles. The highest BCUT2D eigenvalue weighted by molar-refractivity contribution is 5.93. The van der Waals surface area contributed by atoms with E-state index in [1.807, 2.05) is 30.3 Å². The molecule has 3 aromatic carbocycles. The molecule has 0 unspecified atom stereocenters. The zero-order valence-electron chi connectivity index (χ0n) is 19.3. The van der Waals surface area contributed by atoms with E-state index in [9.17, 15) is 14.7 Å². The number of phenolic OH excluding ortho intramolecular Hbond substituents is 1. The molecular weight excluding hydrogens is 452 g/mol. The van der Waals surface area contributed by atoms with Gasteiger partial charge in [0, 0.05) is 40.8 Å². The summed E-state index contributed by atoms with van der Waals surface area (Å²) in [6.07, 6.45) is -0.0437. The number of aromatic hydroxyl groups is 1. The van der Waals surface area contributed by atoms with Gasteiger partial charge in [0.25, 0.3) is 0 Å². The Hall–Kier alpha value is -4.46. The van der Waals surface area contributed by atoms with Crippen LogP contribution >= 0.6 is 0 Å². The number of methoxy groups -OCH3 is 3. The maximum absolute atomic E-state index is 13.1. The Bertz CT molecular complexity index is 1500. The minimum absolute atomic E-state index is 0.00539. The van der Waals surface area contributed by atoms with Crippen LogP contribution in [0.3, 0.4) is 0 Å². The largest absolute Gasteiger partial charge is 0.507 e. The number of benzene rings is 3. The first-order valence-electron chi connectivity index (χ1n) is 10.8. The minimum atomic E-state index is -0.613. The van der Waals surface area contributed by atoms with Crippen LogP contribution in [0.25, 0.3) is 22.3 Å². The lowest BCUT2D eigenvalue weighted by molar-refractivity contribution is -0.135. The molecule has 0 bridgehead atoms. The molecule has 1 atom stereocenters. The van der Waals surface area contributed by atoms with Crippen LogP contribution < -0.4 is 24.4 Å². The molecule has 0 saturated heterocycles. The Morgan fingerprint density at radius 2 is 1.57 bits per heavy atom. The number of phenols is 1.